The van der Waals surface area contributed by atoms with Crippen LogP contribution in [-0.4, -0.2) is 42.9 Å². The summed E-state index contributed by atoms with van der Waals surface area (Å²) in [5.41, 5.74) is 15.3. The van der Waals surface area contributed by atoms with E-state index in [1.165, 1.54) is 5.56 Å². The number of aliphatic imine (C=N–C) groups is 1. The largest absolute Gasteiger partial charge is 0.497 e. The second kappa shape index (κ2) is 9.05. The van der Waals surface area contributed by atoms with Gasteiger partial charge in [-0.25, -0.2) is 5.43 Å². The number of rotatable bonds is 7. The summed E-state index contributed by atoms with van der Waals surface area (Å²) in [6.07, 6.45) is 2.50. The molecule has 0 fully saturated rings. The number of methoxy groups -OCH3 is 2. The number of hydrogen-bond donors (Lipinski definition) is 4. The second-order valence-electron chi connectivity index (χ2n) is 7.60. The molecule has 0 saturated heterocycles. The van der Waals surface area contributed by atoms with Gasteiger partial charge in [0.05, 0.1) is 20.4 Å². The number of hydrogen-bond acceptors (Lipinski definition) is 4. The molecule has 4 aromatic rings. The summed E-state index contributed by atoms with van der Waals surface area (Å²) < 4.78 is 10.7. The fourth-order valence-corrected chi connectivity index (χ4v) is 3.92. The molecule has 0 amide bonds. The number of aromatic amines is 2. The molecule has 0 radical (unpaired) electrons. The first kappa shape index (κ1) is 21.3. The highest BCUT2D eigenvalue weighted by Crippen LogP contribution is 2.27. The Balaban J connectivity index is 1.43. The average Bonchev–Trinajstić information content (AvgIpc) is 3.28. The number of ether oxygens (including phenoxy) is 2. The quantitative estimate of drug-likeness (QED) is 0.202. The van der Waals surface area contributed by atoms with Crippen LogP contribution in [0, 0.1) is 13.8 Å². The molecule has 5 N–H and O–H groups in total. The van der Waals surface area contributed by atoms with Gasteiger partial charge in [0.2, 0.25) is 5.96 Å². The Bertz CT molecular complexity index is 1320. The number of nitrogens with zero attached hydrogens (tertiary/aromatic N) is 2. The summed E-state index contributed by atoms with van der Waals surface area (Å²) in [6, 6.07) is 11.9. The third kappa shape index (κ3) is 4.25. The van der Waals surface area contributed by atoms with Crippen molar-refractivity contribution in [3.63, 3.8) is 0 Å². The van der Waals surface area contributed by atoms with Crippen molar-refractivity contribution in [1.82, 2.24) is 15.4 Å². The molecule has 2 aromatic carbocycles. The normalized spacial score (nSPS) is 12.2. The Morgan fingerprint density at radius 1 is 0.969 bits per heavy atom. The lowest BCUT2D eigenvalue weighted by molar-refractivity contribution is 0.415. The van der Waals surface area contributed by atoms with E-state index in [4.69, 9.17) is 15.2 Å². The van der Waals surface area contributed by atoms with Crippen LogP contribution in [0.5, 0.6) is 11.5 Å². The lowest BCUT2D eigenvalue weighted by Crippen LogP contribution is -2.27. The molecule has 2 aromatic heterocycles. The van der Waals surface area contributed by atoms with E-state index in [1.54, 1.807) is 20.4 Å². The van der Waals surface area contributed by atoms with Gasteiger partial charge in [-0.15, -0.1) is 0 Å². The molecule has 0 aliphatic carbocycles. The first-order chi connectivity index (χ1) is 15.5. The number of fused-ring (bicyclic) bond motifs is 2. The Kier molecular flexibility index (Phi) is 6.02. The number of nitrogens with one attached hydrogen (secondary N) is 3. The van der Waals surface area contributed by atoms with Crippen molar-refractivity contribution in [2.75, 3.05) is 20.8 Å². The highest BCUT2D eigenvalue weighted by Gasteiger charge is 2.10. The molecule has 8 nitrogen and oxygen atoms in total. The Hall–Kier alpha value is -3.94. The van der Waals surface area contributed by atoms with Gasteiger partial charge < -0.3 is 25.2 Å². The molecule has 4 rings (SSSR count). The molecule has 0 atom stereocenters. The number of guanidine groups is 1. The van der Waals surface area contributed by atoms with Crippen LogP contribution >= 0.6 is 0 Å². The number of nitrogens with two attached hydrogens (primary N) is 1. The van der Waals surface area contributed by atoms with Crippen LogP contribution in [0.2, 0.25) is 0 Å². The van der Waals surface area contributed by atoms with E-state index in [2.05, 4.69) is 32.4 Å². The molecule has 0 saturated carbocycles. The van der Waals surface area contributed by atoms with Crippen molar-refractivity contribution in [3.05, 3.63) is 58.9 Å². The Labute approximate surface area is 186 Å². The van der Waals surface area contributed by atoms with Gasteiger partial charge in [-0.2, -0.15) is 5.10 Å². The first-order valence-corrected chi connectivity index (χ1v) is 10.4. The average molecular weight is 433 g/mol. The number of H-pyrrole nitrogens is 2. The van der Waals surface area contributed by atoms with E-state index in [-0.39, 0.29) is 5.96 Å². The van der Waals surface area contributed by atoms with E-state index >= 15 is 0 Å². The predicted octanol–water partition coefficient (Wildman–Crippen LogP) is 3.76. The van der Waals surface area contributed by atoms with Gasteiger partial charge in [-0.05, 0) is 62.2 Å². The minimum atomic E-state index is 0.270. The zero-order valence-corrected chi connectivity index (χ0v) is 18.7. The number of hydrazone groups is 1. The zero-order valence-electron chi connectivity index (χ0n) is 18.7. The fourth-order valence-electron chi connectivity index (χ4n) is 3.92. The van der Waals surface area contributed by atoms with Gasteiger partial charge in [-0.1, -0.05) is 0 Å². The van der Waals surface area contributed by atoms with Gasteiger partial charge in [0, 0.05) is 45.3 Å². The first-order valence-electron chi connectivity index (χ1n) is 10.4. The molecule has 2 heterocycles. The van der Waals surface area contributed by atoms with Crippen LogP contribution in [0.1, 0.15) is 22.5 Å². The van der Waals surface area contributed by atoms with E-state index < -0.39 is 0 Å². The Morgan fingerprint density at radius 3 is 2.28 bits per heavy atom. The van der Waals surface area contributed by atoms with Gasteiger partial charge in [0.15, 0.2) is 0 Å². The van der Waals surface area contributed by atoms with Crippen molar-refractivity contribution in [3.8, 4) is 11.5 Å². The maximum atomic E-state index is 6.01. The molecule has 0 aliphatic heterocycles. The van der Waals surface area contributed by atoms with E-state index in [1.807, 2.05) is 43.3 Å². The zero-order chi connectivity index (χ0) is 22.7. The van der Waals surface area contributed by atoms with Gasteiger partial charge in [0.1, 0.15) is 11.5 Å². The number of aryl methyl sites for hydroxylation is 2. The highest BCUT2D eigenvalue weighted by molar-refractivity contribution is 6.01. The standard InChI is InChI=1S/C24H28N6O2/c1-14-18(19-11-16(31-3)5-7-22(19)28-14)9-10-26-24(25)30-27-13-21-15(2)29-23-8-6-17(32-4)12-20(21)23/h5-8,11-13,28-29H,9-10H2,1-4H3,(H3,25,26,30)/b27-13+. The molecule has 0 spiro atoms. The molecule has 0 bridgehead atoms. The topological polar surface area (TPSA) is 113 Å². The van der Waals surface area contributed by atoms with Crippen LogP contribution in [0.3, 0.4) is 0 Å². The van der Waals surface area contributed by atoms with Crippen LogP contribution in [0.25, 0.3) is 21.8 Å². The van der Waals surface area contributed by atoms with Crippen molar-refractivity contribution in [2.24, 2.45) is 15.8 Å². The predicted molar refractivity (Wildman–Crippen MR) is 130 cm³/mol. The number of aromatic nitrogens is 2. The molecule has 166 valence electrons. The molecule has 32 heavy (non-hydrogen) atoms. The van der Waals surface area contributed by atoms with Crippen LogP contribution in [0.15, 0.2) is 46.5 Å². The summed E-state index contributed by atoms with van der Waals surface area (Å²) in [4.78, 5) is 11.2. The second-order valence-corrected chi connectivity index (χ2v) is 7.60. The smallest absolute Gasteiger partial charge is 0.209 e. The summed E-state index contributed by atoms with van der Waals surface area (Å²) in [5, 5.41) is 6.45. The summed E-state index contributed by atoms with van der Waals surface area (Å²) in [7, 11) is 3.33. The molecular formula is C24H28N6O2. The van der Waals surface area contributed by atoms with Crippen LogP contribution in [0.4, 0.5) is 0 Å². The Morgan fingerprint density at radius 2 is 1.59 bits per heavy atom. The van der Waals surface area contributed by atoms with Crippen molar-refractivity contribution >= 4 is 34.0 Å². The fraction of sp³-hybridized carbons (Fsp3) is 0.250. The van der Waals surface area contributed by atoms with Crippen molar-refractivity contribution < 1.29 is 9.47 Å². The van der Waals surface area contributed by atoms with Crippen molar-refractivity contribution in [1.29, 1.82) is 0 Å². The van der Waals surface area contributed by atoms with Gasteiger partial charge >= 0.3 is 0 Å². The summed E-state index contributed by atoms with van der Waals surface area (Å²) >= 11 is 0. The maximum Gasteiger partial charge on any atom is 0.209 e. The molecule has 0 aliphatic rings. The number of benzene rings is 2. The summed E-state index contributed by atoms with van der Waals surface area (Å²) in [5.74, 6) is 1.90. The third-order valence-electron chi connectivity index (χ3n) is 5.59. The molecule has 0 unspecified atom stereocenters. The van der Waals surface area contributed by atoms with Gasteiger partial charge in [-0.3, -0.25) is 4.99 Å². The van der Waals surface area contributed by atoms with E-state index in [0.717, 1.165) is 56.7 Å². The highest BCUT2D eigenvalue weighted by atomic mass is 16.5. The molecule has 8 heteroatoms. The van der Waals surface area contributed by atoms with Crippen molar-refractivity contribution in [2.45, 2.75) is 20.3 Å². The van der Waals surface area contributed by atoms with Crippen LogP contribution < -0.4 is 20.6 Å². The maximum absolute atomic E-state index is 6.01. The third-order valence-corrected chi connectivity index (χ3v) is 5.59. The SMILES string of the molecule is COc1ccc2[nH]c(C)c(/C=N/NC(N)=NCCc3c(C)[nH]c4ccc(OC)cc34)c2c1. The lowest BCUT2D eigenvalue weighted by atomic mass is 10.1. The van der Waals surface area contributed by atoms with Crippen LogP contribution in [-0.2, 0) is 6.42 Å². The van der Waals surface area contributed by atoms with E-state index in [0.29, 0.717) is 6.54 Å². The lowest BCUT2D eigenvalue weighted by Gasteiger charge is -2.03. The summed E-state index contributed by atoms with van der Waals surface area (Å²) in [6.45, 7) is 4.61. The minimum Gasteiger partial charge on any atom is -0.497 e. The van der Waals surface area contributed by atoms with E-state index in [9.17, 15) is 0 Å². The monoisotopic (exact) mass is 432 g/mol. The molecular weight excluding hydrogens is 404 g/mol. The minimum absolute atomic E-state index is 0.270. The van der Waals surface area contributed by atoms with Gasteiger partial charge in [0.25, 0.3) is 0 Å².